The van der Waals surface area contributed by atoms with Gasteiger partial charge in [0.2, 0.25) is 0 Å². The van der Waals surface area contributed by atoms with Crippen molar-refractivity contribution in [3.8, 4) is 0 Å². The molecule has 0 rings (SSSR count). The maximum Gasteiger partial charge on any atom is 0.102 e. The Morgan fingerprint density at radius 3 is 2.82 bits per heavy atom. The summed E-state index contributed by atoms with van der Waals surface area (Å²) in [4.78, 5) is 0. The van der Waals surface area contributed by atoms with E-state index >= 15 is 0 Å². The first-order valence-electron chi connectivity index (χ1n) is 3.76. The summed E-state index contributed by atoms with van der Waals surface area (Å²) in [5.41, 5.74) is 1.01. The van der Waals surface area contributed by atoms with Gasteiger partial charge >= 0.3 is 0 Å². The molecule has 0 radical (unpaired) electrons. The topological polar surface area (TPSA) is 21.3 Å². The molecule has 11 heavy (non-hydrogen) atoms. The first-order chi connectivity index (χ1) is 5.27. The monoisotopic (exact) mass is 161 g/mol. The van der Waals surface area contributed by atoms with Gasteiger partial charge in [-0.2, -0.15) is 0 Å². The van der Waals surface area contributed by atoms with Gasteiger partial charge < -0.3 is 10.1 Å². The molecule has 0 saturated carbocycles. The van der Waals surface area contributed by atoms with Gasteiger partial charge in [0.1, 0.15) is 6.67 Å². The van der Waals surface area contributed by atoms with E-state index in [1.165, 1.54) is 0 Å². The van der Waals surface area contributed by atoms with Crippen LogP contribution in [0.25, 0.3) is 0 Å². The van der Waals surface area contributed by atoms with E-state index in [2.05, 4.69) is 11.9 Å². The van der Waals surface area contributed by atoms with Crippen molar-refractivity contribution in [2.45, 2.75) is 6.92 Å². The van der Waals surface area contributed by atoms with E-state index in [0.29, 0.717) is 26.3 Å². The number of ether oxygens (including phenoxy) is 1. The normalized spacial score (nSPS) is 10.0. The van der Waals surface area contributed by atoms with Crippen molar-refractivity contribution in [1.29, 1.82) is 0 Å². The molecule has 0 spiro atoms. The lowest BCUT2D eigenvalue weighted by Gasteiger charge is -2.03. The Hall–Kier alpha value is -0.410. The van der Waals surface area contributed by atoms with Crippen LogP contribution in [0.15, 0.2) is 12.2 Å². The van der Waals surface area contributed by atoms with Crippen LogP contribution < -0.4 is 5.32 Å². The van der Waals surface area contributed by atoms with Gasteiger partial charge in [-0.15, -0.1) is 0 Å². The van der Waals surface area contributed by atoms with Crippen LogP contribution in [-0.2, 0) is 4.74 Å². The summed E-state index contributed by atoms with van der Waals surface area (Å²) in [6.45, 7) is 7.61. The molecule has 0 amide bonds. The molecular formula is C8H16FNO. The van der Waals surface area contributed by atoms with E-state index in [1.807, 2.05) is 6.92 Å². The Bertz CT molecular complexity index is 106. The molecule has 0 aliphatic carbocycles. The highest BCUT2D eigenvalue weighted by Crippen LogP contribution is 1.86. The van der Waals surface area contributed by atoms with E-state index < -0.39 is 0 Å². The van der Waals surface area contributed by atoms with Gasteiger partial charge in [-0.3, -0.25) is 0 Å². The molecule has 0 atom stereocenters. The number of alkyl halides is 1. The number of hydrogen-bond acceptors (Lipinski definition) is 2. The summed E-state index contributed by atoms with van der Waals surface area (Å²) in [6, 6.07) is 0. The second kappa shape index (κ2) is 7.69. The SMILES string of the molecule is C=C(C)COCCNCCF. The van der Waals surface area contributed by atoms with Crippen LogP contribution in [0.4, 0.5) is 4.39 Å². The van der Waals surface area contributed by atoms with E-state index in [4.69, 9.17) is 4.74 Å². The summed E-state index contributed by atoms with van der Waals surface area (Å²) in [6.07, 6.45) is 0. The van der Waals surface area contributed by atoms with Gasteiger partial charge in [0.15, 0.2) is 0 Å². The summed E-state index contributed by atoms with van der Waals surface area (Å²) < 4.78 is 16.7. The van der Waals surface area contributed by atoms with Gasteiger partial charge in [0, 0.05) is 13.1 Å². The quantitative estimate of drug-likeness (QED) is 0.446. The predicted molar refractivity (Wildman–Crippen MR) is 44.5 cm³/mol. The molecule has 0 aliphatic rings. The number of halogens is 1. The fourth-order valence-electron chi connectivity index (χ4n) is 0.583. The largest absolute Gasteiger partial charge is 0.376 e. The molecule has 1 N–H and O–H groups in total. The molecule has 0 aromatic rings. The van der Waals surface area contributed by atoms with Crippen LogP contribution >= 0.6 is 0 Å². The lowest BCUT2D eigenvalue weighted by atomic mass is 10.4. The van der Waals surface area contributed by atoms with Crippen LogP contribution in [0.3, 0.4) is 0 Å². The number of rotatable bonds is 7. The maximum absolute atomic E-state index is 11.5. The van der Waals surface area contributed by atoms with E-state index in [9.17, 15) is 4.39 Å². The van der Waals surface area contributed by atoms with Crippen molar-refractivity contribution in [3.63, 3.8) is 0 Å². The van der Waals surface area contributed by atoms with Crippen molar-refractivity contribution in [2.75, 3.05) is 33.0 Å². The Morgan fingerprint density at radius 2 is 2.27 bits per heavy atom. The predicted octanol–water partition coefficient (Wildman–Crippen LogP) is 1.14. The first-order valence-corrected chi connectivity index (χ1v) is 3.76. The molecule has 0 bridgehead atoms. The third-order valence-electron chi connectivity index (χ3n) is 1.04. The molecule has 3 heteroatoms. The van der Waals surface area contributed by atoms with E-state index in [0.717, 1.165) is 5.57 Å². The Morgan fingerprint density at radius 1 is 1.55 bits per heavy atom. The highest BCUT2D eigenvalue weighted by Gasteiger charge is 1.88. The minimum Gasteiger partial charge on any atom is -0.376 e. The van der Waals surface area contributed by atoms with Gasteiger partial charge in [-0.05, 0) is 6.92 Å². The standard InChI is InChI=1S/C8H16FNO/c1-8(2)7-11-6-5-10-4-3-9/h10H,1,3-7H2,2H3. The highest BCUT2D eigenvalue weighted by molar-refractivity contribution is 4.87. The summed E-state index contributed by atoms with van der Waals surface area (Å²) in [7, 11) is 0. The molecule has 0 heterocycles. The minimum absolute atomic E-state index is 0.319. The Balaban J connectivity index is 2.85. The summed E-state index contributed by atoms with van der Waals surface area (Å²) in [5, 5.41) is 2.88. The first kappa shape index (κ1) is 10.6. The lowest BCUT2D eigenvalue weighted by molar-refractivity contribution is 0.157. The third kappa shape index (κ3) is 9.59. The van der Waals surface area contributed by atoms with Crippen LogP contribution in [-0.4, -0.2) is 33.0 Å². The maximum atomic E-state index is 11.5. The van der Waals surface area contributed by atoms with Crippen molar-refractivity contribution in [3.05, 3.63) is 12.2 Å². The molecule has 0 aromatic carbocycles. The van der Waals surface area contributed by atoms with Crippen LogP contribution in [0.2, 0.25) is 0 Å². The fourth-order valence-corrected chi connectivity index (χ4v) is 0.583. The molecule has 0 unspecified atom stereocenters. The summed E-state index contributed by atoms with van der Waals surface area (Å²) in [5.74, 6) is 0. The smallest absolute Gasteiger partial charge is 0.102 e. The minimum atomic E-state index is -0.319. The molecule has 0 aliphatic heterocycles. The zero-order chi connectivity index (χ0) is 8.53. The van der Waals surface area contributed by atoms with Gasteiger partial charge in [0.05, 0.1) is 13.2 Å². The summed E-state index contributed by atoms with van der Waals surface area (Å²) >= 11 is 0. The highest BCUT2D eigenvalue weighted by atomic mass is 19.1. The average Bonchev–Trinajstić information content (AvgIpc) is 1.96. The van der Waals surface area contributed by atoms with Crippen molar-refractivity contribution in [2.24, 2.45) is 0 Å². The lowest BCUT2D eigenvalue weighted by Crippen LogP contribution is -2.22. The fraction of sp³-hybridized carbons (Fsp3) is 0.750. The van der Waals surface area contributed by atoms with E-state index in [-0.39, 0.29) is 6.67 Å². The van der Waals surface area contributed by atoms with Crippen molar-refractivity contribution in [1.82, 2.24) is 5.32 Å². The van der Waals surface area contributed by atoms with Crippen LogP contribution in [0.5, 0.6) is 0 Å². The zero-order valence-corrected chi connectivity index (χ0v) is 7.03. The van der Waals surface area contributed by atoms with Gasteiger partial charge in [0.25, 0.3) is 0 Å². The van der Waals surface area contributed by atoms with Crippen LogP contribution in [0.1, 0.15) is 6.92 Å². The Kier molecular flexibility index (Phi) is 7.41. The molecule has 0 aromatic heterocycles. The molecule has 0 fully saturated rings. The average molecular weight is 161 g/mol. The van der Waals surface area contributed by atoms with E-state index in [1.54, 1.807) is 0 Å². The molecular weight excluding hydrogens is 145 g/mol. The van der Waals surface area contributed by atoms with Crippen molar-refractivity contribution < 1.29 is 9.13 Å². The number of hydrogen-bond donors (Lipinski definition) is 1. The van der Waals surface area contributed by atoms with Crippen molar-refractivity contribution >= 4 is 0 Å². The van der Waals surface area contributed by atoms with Crippen LogP contribution in [0, 0.1) is 0 Å². The second-order valence-corrected chi connectivity index (χ2v) is 2.45. The molecule has 0 saturated heterocycles. The Labute approximate surface area is 67.4 Å². The molecule has 66 valence electrons. The van der Waals surface area contributed by atoms with Gasteiger partial charge in [-0.25, -0.2) is 4.39 Å². The third-order valence-corrected chi connectivity index (χ3v) is 1.04. The molecule has 2 nitrogen and oxygen atoms in total. The second-order valence-electron chi connectivity index (χ2n) is 2.45. The number of nitrogens with one attached hydrogen (secondary N) is 1. The van der Waals surface area contributed by atoms with Gasteiger partial charge in [-0.1, -0.05) is 12.2 Å². The zero-order valence-electron chi connectivity index (χ0n) is 7.03.